The summed E-state index contributed by atoms with van der Waals surface area (Å²) in [6, 6.07) is 4.27. The molecule has 1 aromatic carbocycles. The van der Waals surface area contributed by atoms with Crippen LogP contribution < -0.4 is 4.74 Å². The highest BCUT2D eigenvalue weighted by Gasteiger charge is 2.44. The summed E-state index contributed by atoms with van der Waals surface area (Å²) in [5, 5.41) is 7.71. The monoisotopic (exact) mass is 499 g/mol. The number of fused-ring (bicyclic) bond motifs is 1. The smallest absolute Gasteiger partial charge is 0.421 e. The molecule has 10 heteroatoms. The molecule has 0 unspecified atom stereocenters. The quantitative estimate of drug-likeness (QED) is 0.510. The third-order valence-corrected chi connectivity index (χ3v) is 7.52. The van der Waals surface area contributed by atoms with Crippen molar-refractivity contribution < 1.29 is 27.0 Å². The summed E-state index contributed by atoms with van der Waals surface area (Å²) in [6.07, 6.45) is -1.45. The molecule has 1 aliphatic carbocycles. The molecule has 0 N–H and O–H groups in total. The Morgan fingerprint density at radius 3 is 2.44 bits per heavy atom. The van der Waals surface area contributed by atoms with E-state index in [1.165, 1.54) is 6.07 Å². The maximum Gasteiger partial charge on any atom is 0.421 e. The molecular weight excluding hydrogens is 474 g/mol. The van der Waals surface area contributed by atoms with Gasteiger partial charge in [-0.3, -0.25) is 0 Å². The van der Waals surface area contributed by atoms with Crippen LogP contribution in [-0.2, 0) is 10.9 Å². The highest BCUT2D eigenvalue weighted by atomic mass is 35.5. The Bertz CT molecular complexity index is 1020. The maximum atomic E-state index is 13.8. The number of hydrogen-bond donors (Lipinski definition) is 0. The van der Waals surface area contributed by atoms with E-state index < -0.39 is 23.4 Å². The molecule has 2 aromatic rings. The topological polar surface area (TPSA) is 47.5 Å². The van der Waals surface area contributed by atoms with Crippen molar-refractivity contribution in [1.82, 2.24) is 15.1 Å². The average Bonchev–Trinajstić information content (AvgIpc) is 3.33. The van der Waals surface area contributed by atoms with E-state index in [1.807, 2.05) is 0 Å². The van der Waals surface area contributed by atoms with Crippen LogP contribution in [0.1, 0.15) is 31.2 Å². The van der Waals surface area contributed by atoms with Crippen molar-refractivity contribution >= 4 is 11.6 Å². The number of likely N-dealkylation sites (tertiary alicyclic amines) is 1. The van der Waals surface area contributed by atoms with E-state index >= 15 is 0 Å². The Balaban J connectivity index is 1.26. The Labute approximate surface area is 200 Å². The van der Waals surface area contributed by atoms with Gasteiger partial charge in [-0.2, -0.15) is 13.2 Å². The summed E-state index contributed by atoms with van der Waals surface area (Å²) in [5.41, 5.74) is -1.14. The molecule has 2 saturated heterocycles. The summed E-state index contributed by atoms with van der Waals surface area (Å²) in [6.45, 7) is 4.63. The first kappa shape index (κ1) is 23.8. The lowest BCUT2D eigenvalue weighted by Gasteiger charge is -2.27. The van der Waals surface area contributed by atoms with Crippen LogP contribution in [0.15, 0.2) is 24.3 Å². The largest absolute Gasteiger partial charge is 0.473 e. The number of halogens is 5. The fourth-order valence-electron chi connectivity index (χ4n) is 5.53. The van der Waals surface area contributed by atoms with Gasteiger partial charge < -0.3 is 14.4 Å². The van der Waals surface area contributed by atoms with Gasteiger partial charge in [0.1, 0.15) is 17.5 Å². The molecule has 0 bridgehead atoms. The van der Waals surface area contributed by atoms with Gasteiger partial charge in [0.2, 0.25) is 5.88 Å². The maximum absolute atomic E-state index is 13.8. The molecule has 1 saturated carbocycles. The molecular formula is C24H26ClF4N3O2. The van der Waals surface area contributed by atoms with Crippen LogP contribution in [0.25, 0.3) is 11.3 Å². The Hall–Kier alpha value is -1.97. The number of ether oxygens (including phenoxy) is 2. The second-order valence-electron chi connectivity index (χ2n) is 9.58. The van der Waals surface area contributed by atoms with E-state index in [9.17, 15) is 17.6 Å². The van der Waals surface area contributed by atoms with Gasteiger partial charge >= 0.3 is 6.18 Å². The normalized spacial score (nSPS) is 24.5. The molecule has 5 rings (SSSR count). The van der Waals surface area contributed by atoms with Gasteiger partial charge in [-0.05, 0) is 67.7 Å². The van der Waals surface area contributed by atoms with Gasteiger partial charge in [0.15, 0.2) is 0 Å². The molecule has 34 heavy (non-hydrogen) atoms. The van der Waals surface area contributed by atoms with Gasteiger partial charge in [0.05, 0.1) is 10.7 Å². The van der Waals surface area contributed by atoms with Crippen molar-refractivity contribution in [3.63, 3.8) is 0 Å². The van der Waals surface area contributed by atoms with Gasteiger partial charge in [-0.15, -0.1) is 10.2 Å². The van der Waals surface area contributed by atoms with Crippen molar-refractivity contribution in [1.29, 1.82) is 0 Å². The number of rotatable bonds is 5. The highest BCUT2D eigenvalue weighted by Crippen LogP contribution is 2.43. The second kappa shape index (κ2) is 9.59. The minimum Gasteiger partial charge on any atom is -0.473 e. The lowest BCUT2D eigenvalue weighted by molar-refractivity contribution is -0.139. The number of aromatic nitrogens is 2. The van der Waals surface area contributed by atoms with Crippen LogP contribution in [0.4, 0.5) is 17.6 Å². The molecule has 2 aliphatic heterocycles. The number of benzene rings is 1. The summed E-state index contributed by atoms with van der Waals surface area (Å²) < 4.78 is 66.3. The van der Waals surface area contributed by atoms with E-state index in [1.54, 1.807) is 0 Å². The van der Waals surface area contributed by atoms with E-state index in [2.05, 4.69) is 15.1 Å². The molecule has 5 nitrogen and oxygen atoms in total. The summed E-state index contributed by atoms with van der Waals surface area (Å²) >= 11 is 6.05. The van der Waals surface area contributed by atoms with Crippen LogP contribution in [0.3, 0.4) is 0 Å². The van der Waals surface area contributed by atoms with Crippen molar-refractivity contribution in [2.24, 2.45) is 17.8 Å². The molecule has 3 heterocycles. The zero-order chi connectivity index (χ0) is 23.9. The van der Waals surface area contributed by atoms with Crippen molar-refractivity contribution in [3.05, 3.63) is 40.7 Å². The lowest BCUT2D eigenvalue weighted by atomic mass is 10.00. The molecule has 0 amide bonds. The van der Waals surface area contributed by atoms with Crippen LogP contribution in [-0.4, -0.2) is 54.0 Å². The van der Waals surface area contributed by atoms with Crippen LogP contribution in [0, 0.1) is 23.6 Å². The fourth-order valence-corrected chi connectivity index (χ4v) is 5.75. The molecule has 3 aliphatic rings. The molecule has 1 aromatic heterocycles. The number of alkyl halides is 3. The highest BCUT2D eigenvalue weighted by molar-refractivity contribution is 6.33. The first-order valence-corrected chi connectivity index (χ1v) is 12.0. The molecule has 0 radical (unpaired) electrons. The van der Waals surface area contributed by atoms with E-state index in [4.69, 9.17) is 21.1 Å². The number of hydrogen-bond acceptors (Lipinski definition) is 5. The molecule has 184 valence electrons. The molecule has 3 fully saturated rings. The third-order valence-electron chi connectivity index (χ3n) is 7.19. The molecule has 0 spiro atoms. The zero-order valence-corrected chi connectivity index (χ0v) is 19.3. The predicted octanol–water partition coefficient (Wildman–Crippen LogP) is 5.47. The van der Waals surface area contributed by atoms with Gasteiger partial charge in [-0.1, -0.05) is 11.6 Å². The van der Waals surface area contributed by atoms with Crippen LogP contribution >= 0.6 is 11.6 Å². The Morgan fingerprint density at radius 1 is 1.06 bits per heavy atom. The van der Waals surface area contributed by atoms with E-state index in [-0.39, 0.29) is 22.4 Å². The lowest BCUT2D eigenvalue weighted by Crippen LogP contribution is -2.32. The fraction of sp³-hybridized carbons (Fsp3) is 0.583. The predicted molar refractivity (Wildman–Crippen MR) is 118 cm³/mol. The summed E-state index contributed by atoms with van der Waals surface area (Å²) in [4.78, 5) is 2.49. The SMILES string of the molecule is Fc1ccc(Cl)c(-c2cc(C(F)(F)F)c(OC3C[C@@H]4CN(CC5CCOCC5)C[C@H]4C3)nn2)c1. The van der Waals surface area contributed by atoms with Crippen molar-refractivity contribution in [2.75, 3.05) is 32.8 Å². The van der Waals surface area contributed by atoms with Crippen LogP contribution in [0.5, 0.6) is 5.88 Å². The Morgan fingerprint density at radius 2 is 1.76 bits per heavy atom. The average molecular weight is 500 g/mol. The first-order valence-electron chi connectivity index (χ1n) is 11.6. The van der Waals surface area contributed by atoms with Crippen molar-refractivity contribution in [2.45, 2.75) is 38.0 Å². The van der Waals surface area contributed by atoms with Crippen LogP contribution in [0.2, 0.25) is 5.02 Å². The third kappa shape index (κ3) is 5.16. The molecule has 2 atom stereocenters. The van der Waals surface area contributed by atoms with Gasteiger partial charge in [-0.25, -0.2) is 4.39 Å². The number of nitrogens with zero attached hydrogens (tertiary/aromatic N) is 3. The van der Waals surface area contributed by atoms with Gasteiger partial charge in [0.25, 0.3) is 0 Å². The van der Waals surface area contributed by atoms with Gasteiger partial charge in [0, 0.05) is 38.4 Å². The minimum absolute atomic E-state index is 0.0474. The summed E-state index contributed by atoms with van der Waals surface area (Å²) in [7, 11) is 0. The first-order chi connectivity index (χ1) is 16.3. The second-order valence-corrected chi connectivity index (χ2v) is 9.98. The Kier molecular flexibility index (Phi) is 6.70. The summed E-state index contributed by atoms with van der Waals surface area (Å²) in [5.74, 6) is 0.329. The standard InChI is InChI=1S/C24H26ClF4N3O2/c25-21-2-1-17(26)9-19(21)22-10-20(24(27,28)29)23(31-30-22)34-18-7-15-12-32(13-16(15)8-18)11-14-3-5-33-6-4-14/h1-2,9-10,14-16,18H,3-8,11-13H2/t15-,16-/m1/s1. The van der Waals surface area contributed by atoms with E-state index in [0.29, 0.717) is 30.6 Å². The van der Waals surface area contributed by atoms with E-state index in [0.717, 1.165) is 63.9 Å². The zero-order valence-electron chi connectivity index (χ0n) is 18.5. The minimum atomic E-state index is -4.70. The van der Waals surface area contributed by atoms with Crippen molar-refractivity contribution in [3.8, 4) is 17.1 Å².